The topological polar surface area (TPSA) is 88.8 Å². The van der Waals surface area contributed by atoms with Gasteiger partial charge in [-0.15, -0.1) is 0 Å². The summed E-state index contributed by atoms with van der Waals surface area (Å²) in [7, 11) is 0. The summed E-state index contributed by atoms with van der Waals surface area (Å²) in [6, 6.07) is 3.92. The molecule has 0 saturated carbocycles. The SMILES string of the molecule is Nc1c(F)ccc(-c2cc3c4c(nc(OC[C@@]56CCCN5C[C@H](F)C6)nc4c2F)N2C[C@H]4CC[C@H](N4)[C@H]2CO3)c1F. The first-order valence-electron chi connectivity index (χ1n) is 14.3. The van der Waals surface area contributed by atoms with E-state index in [4.69, 9.17) is 20.2 Å². The molecule has 5 aliphatic rings. The van der Waals surface area contributed by atoms with Gasteiger partial charge in [-0.2, -0.15) is 9.97 Å². The third-order valence-corrected chi connectivity index (χ3v) is 9.72. The molecule has 5 atom stereocenters. The van der Waals surface area contributed by atoms with Crippen LogP contribution >= 0.6 is 0 Å². The van der Waals surface area contributed by atoms with Gasteiger partial charge < -0.3 is 25.4 Å². The van der Waals surface area contributed by atoms with Crippen molar-refractivity contribution in [3.05, 3.63) is 35.7 Å². The maximum atomic E-state index is 16.4. The lowest BCUT2D eigenvalue weighted by Gasteiger charge is -2.40. The highest BCUT2D eigenvalue weighted by Crippen LogP contribution is 2.46. The molecule has 0 spiro atoms. The Balaban J connectivity index is 1.28. The molecule has 0 radical (unpaired) electrons. The number of hydrogen-bond acceptors (Lipinski definition) is 8. The van der Waals surface area contributed by atoms with Crippen molar-refractivity contribution >= 4 is 22.4 Å². The Kier molecular flexibility index (Phi) is 5.60. The Hall–Kier alpha value is -3.38. The zero-order valence-electron chi connectivity index (χ0n) is 22.3. The quantitative estimate of drug-likeness (QED) is 0.360. The maximum Gasteiger partial charge on any atom is 0.319 e. The number of benzene rings is 2. The Labute approximate surface area is 233 Å². The van der Waals surface area contributed by atoms with E-state index in [0.717, 1.165) is 44.4 Å². The molecule has 3 aromatic rings. The molecule has 1 aromatic heterocycles. The van der Waals surface area contributed by atoms with Crippen LogP contribution in [0.2, 0.25) is 0 Å². The van der Waals surface area contributed by atoms with Crippen molar-refractivity contribution in [2.75, 3.05) is 43.5 Å². The number of aromatic nitrogens is 2. The summed E-state index contributed by atoms with van der Waals surface area (Å²) in [5, 5.41) is 4.02. The standard InChI is InChI=1S/C29H30F4N6O2/c30-14-9-29(6-1-7-38(29)10-14)13-41-28-36-26-22-21(8-17(24(26)33)16-3-4-18(31)25(34)23(16)32)40-12-20-19-5-2-15(35-19)11-39(20)27(22)37-28/h3-4,8,14-15,19-20,35H,1-2,5-7,9-13,34H2/t14-,15-,19+,20-,29+/m1/s1. The number of rotatable bonds is 4. The molecular formula is C29H30F4N6O2. The second-order valence-electron chi connectivity index (χ2n) is 12.1. The monoisotopic (exact) mass is 570 g/mol. The fourth-order valence-electron chi connectivity index (χ4n) is 7.73. The van der Waals surface area contributed by atoms with E-state index in [9.17, 15) is 8.78 Å². The van der Waals surface area contributed by atoms with Gasteiger partial charge in [0.05, 0.1) is 17.0 Å². The van der Waals surface area contributed by atoms with Crippen molar-refractivity contribution in [2.24, 2.45) is 0 Å². The van der Waals surface area contributed by atoms with Crippen LogP contribution in [0.25, 0.3) is 22.0 Å². The first-order valence-corrected chi connectivity index (χ1v) is 14.3. The van der Waals surface area contributed by atoms with Crippen molar-refractivity contribution in [3.63, 3.8) is 0 Å². The summed E-state index contributed by atoms with van der Waals surface area (Å²) in [4.78, 5) is 13.6. The van der Waals surface area contributed by atoms with Crippen LogP contribution in [-0.2, 0) is 0 Å². The van der Waals surface area contributed by atoms with E-state index < -0.39 is 34.8 Å². The van der Waals surface area contributed by atoms with Crippen LogP contribution in [-0.4, -0.2) is 77.6 Å². The Bertz CT molecular complexity index is 1570. The van der Waals surface area contributed by atoms with Gasteiger partial charge in [-0.1, -0.05) is 0 Å². The van der Waals surface area contributed by atoms with E-state index in [2.05, 4.69) is 20.1 Å². The van der Waals surface area contributed by atoms with Gasteiger partial charge in [0.15, 0.2) is 11.6 Å². The molecule has 8 nitrogen and oxygen atoms in total. The van der Waals surface area contributed by atoms with Gasteiger partial charge in [0.1, 0.15) is 48.0 Å². The maximum absolute atomic E-state index is 16.4. The molecule has 5 aliphatic heterocycles. The zero-order valence-corrected chi connectivity index (χ0v) is 22.3. The highest BCUT2D eigenvalue weighted by atomic mass is 19.1. The van der Waals surface area contributed by atoms with E-state index in [1.54, 1.807) is 0 Å². The van der Waals surface area contributed by atoms with Crippen LogP contribution in [0.3, 0.4) is 0 Å². The van der Waals surface area contributed by atoms with E-state index in [-0.39, 0.29) is 47.4 Å². The van der Waals surface area contributed by atoms with Crippen LogP contribution in [0, 0.1) is 17.5 Å². The molecule has 0 amide bonds. The molecule has 12 heteroatoms. The number of nitrogens with zero attached hydrogens (tertiary/aromatic N) is 4. The fourth-order valence-corrected chi connectivity index (χ4v) is 7.73. The number of halogens is 4. The van der Waals surface area contributed by atoms with Crippen molar-refractivity contribution in [2.45, 2.75) is 61.9 Å². The van der Waals surface area contributed by atoms with Crippen molar-refractivity contribution in [1.82, 2.24) is 20.2 Å². The first kappa shape index (κ1) is 25.3. The molecule has 2 bridgehead atoms. The zero-order chi connectivity index (χ0) is 28.0. The second-order valence-corrected chi connectivity index (χ2v) is 12.1. The van der Waals surface area contributed by atoms with Gasteiger partial charge in [0, 0.05) is 42.7 Å². The van der Waals surface area contributed by atoms with Crippen molar-refractivity contribution < 1.29 is 27.0 Å². The Morgan fingerprint density at radius 1 is 1.12 bits per heavy atom. The average Bonchev–Trinajstić information content (AvgIpc) is 3.59. The number of nitrogens with one attached hydrogen (secondary N) is 1. The lowest BCUT2D eigenvalue weighted by Crippen LogP contribution is -2.60. The molecule has 6 heterocycles. The number of nitrogen functional groups attached to an aromatic ring is 1. The third-order valence-electron chi connectivity index (χ3n) is 9.72. The van der Waals surface area contributed by atoms with Gasteiger partial charge >= 0.3 is 6.01 Å². The molecule has 41 heavy (non-hydrogen) atoms. The predicted octanol–water partition coefficient (Wildman–Crippen LogP) is 3.95. The minimum absolute atomic E-state index is 0.0244. The molecule has 3 N–H and O–H groups in total. The number of piperazine rings is 1. The fraction of sp³-hybridized carbons (Fsp3) is 0.517. The number of nitrogens with two attached hydrogens (primary N) is 1. The predicted molar refractivity (Wildman–Crippen MR) is 144 cm³/mol. The number of anilines is 2. The lowest BCUT2D eigenvalue weighted by atomic mass is 9.95. The van der Waals surface area contributed by atoms with E-state index in [1.165, 1.54) is 6.07 Å². The minimum Gasteiger partial charge on any atom is -0.491 e. The van der Waals surface area contributed by atoms with Gasteiger partial charge in [-0.05, 0) is 50.4 Å². The highest BCUT2D eigenvalue weighted by molar-refractivity contribution is 5.99. The van der Waals surface area contributed by atoms with Gasteiger partial charge in [0.25, 0.3) is 0 Å². The molecule has 8 rings (SSSR count). The largest absolute Gasteiger partial charge is 0.491 e. The van der Waals surface area contributed by atoms with Crippen LogP contribution in [0.15, 0.2) is 18.2 Å². The van der Waals surface area contributed by atoms with E-state index >= 15 is 8.78 Å². The van der Waals surface area contributed by atoms with Crippen LogP contribution in [0.4, 0.5) is 29.1 Å². The summed E-state index contributed by atoms with van der Waals surface area (Å²) in [5.74, 6) is -1.99. The molecule has 2 aromatic carbocycles. The molecule has 4 fully saturated rings. The Morgan fingerprint density at radius 3 is 2.88 bits per heavy atom. The molecule has 0 unspecified atom stereocenters. The second kappa shape index (κ2) is 9.06. The summed E-state index contributed by atoms with van der Waals surface area (Å²) in [5.41, 5.74) is 4.05. The van der Waals surface area contributed by atoms with Crippen molar-refractivity contribution in [1.29, 1.82) is 0 Å². The summed E-state index contributed by atoms with van der Waals surface area (Å²) < 4.78 is 72.3. The summed E-state index contributed by atoms with van der Waals surface area (Å²) in [6.45, 7) is 2.33. The first-order chi connectivity index (χ1) is 19.8. The van der Waals surface area contributed by atoms with E-state index in [0.29, 0.717) is 43.1 Å². The third kappa shape index (κ3) is 3.79. The number of hydrogen-bond donors (Lipinski definition) is 2. The van der Waals surface area contributed by atoms with Gasteiger partial charge in [-0.3, -0.25) is 4.90 Å². The summed E-state index contributed by atoms with van der Waals surface area (Å²) in [6.07, 6.45) is 3.21. The number of alkyl halides is 1. The smallest absolute Gasteiger partial charge is 0.319 e. The highest BCUT2D eigenvalue weighted by Gasteiger charge is 2.50. The molecule has 0 aliphatic carbocycles. The van der Waals surface area contributed by atoms with Crippen molar-refractivity contribution in [3.8, 4) is 22.9 Å². The van der Waals surface area contributed by atoms with Crippen LogP contribution < -0.4 is 25.4 Å². The summed E-state index contributed by atoms with van der Waals surface area (Å²) >= 11 is 0. The van der Waals surface area contributed by atoms with Gasteiger partial charge in [0.2, 0.25) is 0 Å². The number of fused-ring (bicyclic) bond motifs is 6. The normalized spacial score (nSPS) is 30.3. The molecule has 216 valence electrons. The Morgan fingerprint density at radius 2 is 2.00 bits per heavy atom. The molecule has 4 saturated heterocycles. The van der Waals surface area contributed by atoms with Gasteiger partial charge in [-0.25, -0.2) is 17.6 Å². The van der Waals surface area contributed by atoms with Crippen LogP contribution in [0.5, 0.6) is 11.8 Å². The minimum atomic E-state index is -1.06. The average molecular weight is 571 g/mol. The number of ether oxygens (including phenoxy) is 2. The lowest BCUT2D eigenvalue weighted by molar-refractivity contribution is 0.107. The van der Waals surface area contributed by atoms with E-state index in [1.807, 2.05) is 0 Å². The van der Waals surface area contributed by atoms with Crippen LogP contribution in [0.1, 0.15) is 32.1 Å². The molecular weight excluding hydrogens is 540 g/mol.